The number of thioether (sulfide) groups is 1. The summed E-state index contributed by atoms with van der Waals surface area (Å²) in [5.41, 5.74) is 0.847. The van der Waals surface area contributed by atoms with Crippen LogP contribution in [0.3, 0.4) is 0 Å². The van der Waals surface area contributed by atoms with Crippen molar-refractivity contribution in [3.05, 3.63) is 42.5 Å². The predicted octanol–water partition coefficient (Wildman–Crippen LogP) is 3.51. The van der Waals surface area contributed by atoms with Gasteiger partial charge in [-0.2, -0.15) is 0 Å². The topological polar surface area (TPSA) is 49.4 Å². The highest BCUT2D eigenvalue weighted by Gasteiger charge is 2.39. The molecule has 1 atom stereocenters. The Balaban J connectivity index is 1.86. The van der Waals surface area contributed by atoms with Crippen LogP contribution in [0.2, 0.25) is 0 Å². The Bertz CT molecular complexity index is 702. The molecule has 0 aliphatic carbocycles. The summed E-state index contributed by atoms with van der Waals surface area (Å²) in [5, 5.41) is 4.43. The minimum absolute atomic E-state index is 0.237. The summed E-state index contributed by atoms with van der Waals surface area (Å²) in [6.45, 7) is 0.250. The van der Waals surface area contributed by atoms with Crippen molar-refractivity contribution in [1.82, 2.24) is 4.90 Å². The number of alkyl halides is 1. The number of hydrogen-bond acceptors (Lipinski definition) is 4. The first-order chi connectivity index (χ1) is 10.2. The molecular weight excluding hydrogens is 308 g/mol. The quantitative estimate of drug-likeness (QED) is 0.876. The number of fused-ring (bicyclic) bond motifs is 1. The Labute approximate surface area is 131 Å². The highest BCUT2D eigenvalue weighted by molar-refractivity contribution is 8.15. The summed E-state index contributed by atoms with van der Waals surface area (Å²) in [6, 6.07) is 13.7. The van der Waals surface area contributed by atoms with Gasteiger partial charge in [0.2, 0.25) is 0 Å². The van der Waals surface area contributed by atoms with Gasteiger partial charge < -0.3 is 5.32 Å². The van der Waals surface area contributed by atoms with E-state index in [-0.39, 0.29) is 23.6 Å². The van der Waals surface area contributed by atoms with Crippen LogP contribution in [0.15, 0.2) is 42.5 Å². The molecule has 0 saturated carbocycles. The second kappa shape index (κ2) is 5.95. The molecule has 0 radical (unpaired) electrons. The predicted molar refractivity (Wildman–Crippen MR) is 86.8 cm³/mol. The van der Waals surface area contributed by atoms with E-state index < -0.39 is 5.37 Å². The highest BCUT2D eigenvalue weighted by Crippen LogP contribution is 2.31. The summed E-state index contributed by atoms with van der Waals surface area (Å²) < 4.78 is 0. The molecular formula is C15H13ClN2O2S. The van der Waals surface area contributed by atoms with Gasteiger partial charge in [-0.15, -0.1) is 11.6 Å². The Morgan fingerprint density at radius 3 is 2.71 bits per heavy atom. The summed E-state index contributed by atoms with van der Waals surface area (Å²) in [5.74, 6) is 0.0116. The van der Waals surface area contributed by atoms with Crippen LogP contribution in [-0.2, 0) is 4.79 Å². The van der Waals surface area contributed by atoms with Gasteiger partial charge in [-0.1, -0.05) is 36.4 Å². The van der Waals surface area contributed by atoms with Gasteiger partial charge in [-0.25, -0.2) is 0 Å². The number of carbonyl (C=O) groups excluding carboxylic acids is 2. The summed E-state index contributed by atoms with van der Waals surface area (Å²) >= 11 is 6.62. The van der Waals surface area contributed by atoms with Crippen LogP contribution in [-0.4, -0.2) is 33.8 Å². The second-order valence-corrected chi connectivity index (χ2v) is 6.05. The van der Waals surface area contributed by atoms with Gasteiger partial charge in [0.05, 0.1) is 0 Å². The largest absolute Gasteiger partial charge is 0.365 e. The number of benzene rings is 2. The van der Waals surface area contributed by atoms with E-state index >= 15 is 0 Å². The summed E-state index contributed by atoms with van der Waals surface area (Å²) in [4.78, 5) is 25.2. The van der Waals surface area contributed by atoms with E-state index in [1.165, 1.54) is 4.90 Å². The average molecular weight is 321 g/mol. The van der Waals surface area contributed by atoms with E-state index in [0.717, 1.165) is 28.2 Å². The van der Waals surface area contributed by atoms with Crippen LogP contribution in [0.4, 0.5) is 10.5 Å². The van der Waals surface area contributed by atoms with Crippen molar-refractivity contribution < 1.29 is 9.59 Å². The van der Waals surface area contributed by atoms with Crippen molar-refractivity contribution in [2.45, 2.75) is 5.37 Å². The van der Waals surface area contributed by atoms with E-state index in [0.29, 0.717) is 0 Å². The van der Waals surface area contributed by atoms with E-state index in [2.05, 4.69) is 5.32 Å². The lowest BCUT2D eigenvalue weighted by Crippen LogP contribution is -2.35. The SMILES string of the molecule is O=C1SC(Nc2cccc3ccccc23)C(=O)N1CCCl. The maximum atomic E-state index is 12.2. The third kappa shape index (κ3) is 2.71. The number of imide groups is 1. The van der Waals surface area contributed by atoms with Crippen LogP contribution in [0.1, 0.15) is 0 Å². The van der Waals surface area contributed by atoms with Gasteiger partial charge in [-0.3, -0.25) is 14.5 Å². The van der Waals surface area contributed by atoms with Crippen molar-refractivity contribution in [3.63, 3.8) is 0 Å². The molecule has 1 saturated heterocycles. The molecule has 3 rings (SSSR count). The summed E-state index contributed by atoms with van der Waals surface area (Å²) in [7, 11) is 0. The zero-order valence-electron chi connectivity index (χ0n) is 11.1. The van der Waals surface area contributed by atoms with Crippen LogP contribution in [0.25, 0.3) is 10.8 Å². The zero-order chi connectivity index (χ0) is 14.8. The molecule has 2 aromatic rings. The van der Waals surface area contributed by atoms with Gasteiger partial charge in [-0.05, 0) is 23.2 Å². The molecule has 0 spiro atoms. The second-order valence-electron chi connectivity index (χ2n) is 4.61. The van der Waals surface area contributed by atoms with Gasteiger partial charge in [0.1, 0.15) is 0 Å². The third-order valence-electron chi connectivity index (χ3n) is 3.31. The number of carbonyl (C=O) groups is 2. The number of amides is 2. The molecule has 1 fully saturated rings. The fourth-order valence-electron chi connectivity index (χ4n) is 2.32. The van der Waals surface area contributed by atoms with E-state index in [9.17, 15) is 9.59 Å². The fourth-order valence-corrected chi connectivity index (χ4v) is 3.41. The molecule has 21 heavy (non-hydrogen) atoms. The van der Waals surface area contributed by atoms with Crippen LogP contribution >= 0.6 is 23.4 Å². The maximum Gasteiger partial charge on any atom is 0.290 e. The van der Waals surface area contributed by atoms with Crippen LogP contribution < -0.4 is 5.32 Å². The van der Waals surface area contributed by atoms with Crippen molar-refractivity contribution in [2.24, 2.45) is 0 Å². The number of nitrogens with one attached hydrogen (secondary N) is 1. The zero-order valence-corrected chi connectivity index (χ0v) is 12.7. The first-order valence-corrected chi connectivity index (χ1v) is 7.94. The number of hydrogen-bond donors (Lipinski definition) is 1. The van der Waals surface area contributed by atoms with Gasteiger partial charge in [0, 0.05) is 23.5 Å². The molecule has 1 unspecified atom stereocenters. The minimum Gasteiger partial charge on any atom is -0.365 e. The van der Waals surface area contributed by atoms with Crippen molar-refractivity contribution in [3.8, 4) is 0 Å². The molecule has 6 heteroatoms. The Kier molecular flexibility index (Phi) is 4.03. The first-order valence-electron chi connectivity index (χ1n) is 6.53. The molecule has 1 heterocycles. The van der Waals surface area contributed by atoms with Gasteiger partial charge in [0.15, 0.2) is 5.37 Å². The number of anilines is 1. The van der Waals surface area contributed by atoms with Gasteiger partial charge >= 0.3 is 0 Å². The van der Waals surface area contributed by atoms with Crippen LogP contribution in [0.5, 0.6) is 0 Å². The van der Waals surface area contributed by atoms with E-state index in [1.807, 2.05) is 42.5 Å². The number of rotatable bonds is 4. The molecule has 108 valence electrons. The summed E-state index contributed by atoms with van der Waals surface area (Å²) in [6.07, 6.45) is 0. The van der Waals surface area contributed by atoms with Crippen molar-refractivity contribution in [1.29, 1.82) is 0 Å². The van der Waals surface area contributed by atoms with Gasteiger partial charge in [0.25, 0.3) is 11.1 Å². The lowest BCUT2D eigenvalue weighted by molar-refractivity contribution is -0.126. The van der Waals surface area contributed by atoms with Crippen molar-refractivity contribution >= 4 is 51.0 Å². The normalized spacial score (nSPS) is 18.5. The lowest BCUT2D eigenvalue weighted by atomic mass is 10.1. The van der Waals surface area contributed by atoms with Crippen LogP contribution in [0, 0.1) is 0 Å². The molecule has 0 aromatic heterocycles. The lowest BCUT2D eigenvalue weighted by Gasteiger charge is -2.15. The number of nitrogens with zero attached hydrogens (tertiary/aromatic N) is 1. The van der Waals surface area contributed by atoms with E-state index in [1.54, 1.807) is 0 Å². The highest BCUT2D eigenvalue weighted by atomic mass is 35.5. The average Bonchev–Trinajstić information content (AvgIpc) is 2.76. The fraction of sp³-hybridized carbons (Fsp3) is 0.200. The van der Waals surface area contributed by atoms with Crippen molar-refractivity contribution in [2.75, 3.05) is 17.7 Å². The smallest absolute Gasteiger partial charge is 0.290 e. The first kappa shape index (κ1) is 14.2. The molecule has 2 amide bonds. The Morgan fingerprint density at radius 2 is 1.90 bits per heavy atom. The molecule has 0 bridgehead atoms. The standard InChI is InChI=1S/C15H13ClN2O2S/c16-8-9-18-14(19)13(21-15(18)20)17-12-7-3-5-10-4-1-2-6-11(10)12/h1-7,13,17H,8-9H2. The molecule has 1 aliphatic heterocycles. The Hall–Kier alpha value is -1.72. The molecule has 1 N–H and O–H groups in total. The molecule has 2 aromatic carbocycles. The monoisotopic (exact) mass is 320 g/mol. The van der Waals surface area contributed by atoms with E-state index in [4.69, 9.17) is 11.6 Å². The maximum absolute atomic E-state index is 12.2. The minimum atomic E-state index is -0.591. The number of halogens is 1. The molecule has 1 aliphatic rings. The Morgan fingerprint density at radius 1 is 1.14 bits per heavy atom. The third-order valence-corrected chi connectivity index (χ3v) is 4.46. The molecule has 4 nitrogen and oxygen atoms in total.